The lowest BCUT2D eigenvalue weighted by atomic mass is 10.1. The first kappa shape index (κ1) is 24.6. The summed E-state index contributed by atoms with van der Waals surface area (Å²) in [6, 6.07) is 18.1. The van der Waals surface area contributed by atoms with Gasteiger partial charge in [0.05, 0.1) is 13.2 Å². The molecule has 33 heavy (non-hydrogen) atoms. The van der Waals surface area contributed by atoms with Gasteiger partial charge in [-0.05, 0) is 66.9 Å². The average molecular weight is 451 g/mol. The number of halogens is 1. The molecule has 0 atom stereocenters. The van der Waals surface area contributed by atoms with Crippen molar-refractivity contribution in [1.29, 1.82) is 0 Å². The third kappa shape index (κ3) is 7.48. The van der Waals surface area contributed by atoms with Crippen molar-refractivity contribution in [3.63, 3.8) is 0 Å². The number of aromatic nitrogens is 1. The number of ether oxygens (including phenoxy) is 1. The van der Waals surface area contributed by atoms with Crippen LogP contribution in [0.3, 0.4) is 0 Å². The molecule has 0 aliphatic rings. The second kappa shape index (κ2) is 12.8. The molecule has 4 nitrogen and oxygen atoms in total. The van der Waals surface area contributed by atoms with E-state index in [0.717, 1.165) is 49.1 Å². The van der Waals surface area contributed by atoms with E-state index < -0.39 is 0 Å². The van der Waals surface area contributed by atoms with Crippen molar-refractivity contribution < 1.29 is 13.9 Å². The Kier molecular flexibility index (Phi) is 9.55. The number of benzene rings is 2. The van der Waals surface area contributed by atoms with Crippen molar-refractivity contribution in [2.45, 2.75) is 59.0 Å². The summed E-state index contributed by atoms with van der Waals surface area (Å²) >= 11 is 0. The Bertz CT molecular complexity index is 997. The van der Waals surface area contributed by atoms with E-state index >= 15 is 0 Å². The summed E-state index contributed by atoms with van der Waals surface area (Å²) < 4.78 is 21.4. The van der Waals surface area contributed by atoms with Crippen LogP contribution in [0.25, 0.3) is 0 Å². The van der Waals surface area contributed by atoms with Gasteiger partial charge in [-0.25, -0.2) is 4.39 Å². The van der Waals surface area contributed by atoms with E-state index in [1.165, 1.54) is 6.07 Å². The predicted octanol–water partition coefficient (Wildman–Crippen LogP) is 6.69. The lowest BCUT2D eigenvalue weighted by Crippen LogP contribution is -2.32. The standard InChI is InChI=1S/C28H35FN2O2/c1-3-5-7-17-31(28(32)24-13-15-27(16-14-24)33-19-6-4-2)22-26-12-9-18-30(26)21-23-10-8-11-25(29)20-23/h8-16,18,20H,3-7,17,19,21-22H2,1-2H3. The van der Waals surface area contributed by atoms with Crippen LogP contribution < -0.4 is 4.74 Å². The zero-order valence-corrected chi connectivity index (χ0v) is 19.8. The van der Waals surface area contributed by atoms with E-state index in [4.69, 9.17) is 4.74 Å². The van der Waals surface area contributed by atoms with Gasteiger partial charge in [0.2, 0.25) is 0 Å². The fraction of sp³-hybridized carbons (Fsp3) is 0.393. The first-order chi connectivity index (χ1) is 16.1. The molecular weight excluding hydrogens is 415 g/mol. The molecule has 0 saturated carbocycles. The van der Waals surface area contributed by atoms with Gasteiger partial charge in [-0.1, -0.05) is 45.2 Å². The molecule has 1 heterocycles. The minimum Gasteiger partial charge on any atom is -0.494 e. The summed E-state index contributed by atoms with van der Waals surface area (Å²) in [4.78, 5) is 15.3. The highest BCUT2D eigenvalue weighted by Gasteiger charge is 2.18. The minimum atomic E-state index is -0.236. The monoisotopic (exact) mass is 450 g/mol. The first-order valence-corrected chi connectivity index (χ1v) is 12.0. The third-order valence-corrected chi connectivity index (χ3v) is 5.71. The number of unbranched alkanes of at least 4 members (excludes halogenated alkanes) is 3. The maximum absolute atomic E-state index is 13.6. The predicted molar refractivity (Wildman–Crippen MR) is 131 cm³/mol. The van der Waals surface area contributed by atoms with Gasteiger partial charge < -0.3 is 14.2 Å². The average Bonchev–Trinajstić information content (AvgIpc) is 3.25. The molecule has 176 valence electrons. The van der Waals surface area contributed by atoms with E-state index in [9.17, 15) is 9.18 Å². The van der Waals surface area contributed by atoms with Gasteiger partial charge in [-0.2, -0.15) is 0 Å². The molecule has 0 unspecified atom stereocenters. The van der Waals surface area contributed by atoms with Gasteiger partial charge in [0.25, 0.3) is 5.91 Å². The highest BCUT2D eigenvalue weighted by molar-refractivity contribution is 5.94. The van der Waals surface area contributed by atoms with Crippen LogP contribution in [0, 0.1) is 5.82 Å². The second-order valence-electron chi connectivity index (χ2n) is 8.42. The number of amides is 1. The van der Waals surface area contributed by atoms with Gasteiger partial charge in [0.15, 0.2) is 0 Å². The van der Waals surface area contributed by atoms with Crippen LogP contribution >= 0.6 is 0 Å². The highest BCUT2D eigenvalue weighted by atomic mass is 19.1. The van der Waals surface area contributed by atoms with Gasteiger partial charge in [0.1, 0.15) is 11.6 Å². The molecule has 0 aliphatic heterocycles. The summed E-state index contributed by atoms with van der Waals surface area (Å²) in [5.41, 5.74) is 2.59. The second-order valence-corrected chi connectivity index (χ2v) is 8.42. The fourth-order valence-electron chi connectivity index (χ4n) is 3.79. The highest BCUT2D eigenvalue weighted by Crippen LogP contribution is 2.18. The van der Waals surface area contributed by atoms with Crippen LogP contribution in [-0.2, 0) is 13.1 Å². The van der Waals surface area contributed by atoms with Crippen LogP contribution in [0.2, 0.25) is 0 Å². The molecule has 0 N–H and O–H groups in total. The normalized spacial score (nSPS) is 10.9. The number of hydrogen-bond donors (Lipinski definition) is 0. The largest absolute Gasteiger partial charge is 0.494 e. The number of hydrogen-bond acceptors (Lipinski definition) is 2. The van der Waals surface area contributed by atoms with Crippen molar-refractivity contribution in [2.75, 3.05) is 13.2 Å². The van der Waals surface area contributed by atoms with Gasteiger partial charge in [-0.3, -0.25) is 4.79 Å². The molecule has 0 fully saturated rings. The SMILES string of the molecule is CCCCCN(Cc1cccn1Cc1cccc(F)c1)C(=O)c1ccc(OCCCC)cc1. The molecule has 3 rings (SSSR count). The molecule has 5 heteroatoms. The maximum atomic E-state index is 13.6. The van der Waals surface area contributed by atoms with E-state index in [2.05, 4.69) is 18.4 Å². The Labute approximate surface area is 197 Å². The van der Waals surface area contributed by atoms with E-state index in [1.807, 2.05) is 53.6 Å². The molecule has 1 amide bonds. The van der Waals surface area contributed by atoms with Gasteiger partial charge in [-0.15, -0.1) is 0 Å². The fourth-order valence-corrected chi connectivity index (χ4v) is 3.79. The zero-order chi connectivity index (χ0) is 23.5. The molecule has 1 aromatic heterocycles. The Morgan fingerprint density at radius 2 is 1.76 bits per heavy atom. The van der Waals surface area contributed by atoms with Crippen molar-refractivity contribution in [1.82, 2.24) is 9.47 Å². The smallest absolute Gasteiger partial charge is 0.254 e. The molecule has 0 saturated heterocycles. The van der Waals surface area contributed by atoms with Crippen molar-refractivity contribution in [3.8, 4) is 5.75 Å². The van der Waals surface area contributed by atoms with Crippen molar-refractivity contribution >= 4 is 5.91 Å². The quantitative estimate of drug-likeness (QED) is 0.272. The molecule has 3 aromatic rings. The number of nitrogens with zero attached hydrogens (tertiary/aromatic N) is 2. The molecule has 0 bridgehead atoms. The van der Waals surface area contributed by atoms with Crippen LogP contribution in [-0.4, -0.2) is 28.5 Å². The topological polar surface area (TPSA) is 34.5 Å². The van der Waals surface area contributed by atoms with Crippen LogP contribution in [0.1, 0.15) is 67.6 Å². The number of carbonyl (C=O) groups excluding carboxylic acids is 1. The maximum Gasteiger partial charge on any atom is 0.254 e. The van der Waals surface area contributed by atoms with E-state index in [-0.39, 0.29) is 11.7 Å². The number of carbonyl (C=O) groups is 1. The molecule has 0 aliphatic carbocycles. The van der Waals surface area contributed by atoms with E-state index in [1.54, 1.807) is 12.1 Å². The lowest BCUT2D eigenvalue weighted by molar-refractivity contribution is 0.0736. The molecule has 0 radical (unpaired) electrons. The van der Waals surface area contributed by atoms with Crippen LogP contribution in [0.4, 0.5) is 4.39 Å². The van der Waals surface area contributed by atoms with Crippen LogP contribution in [0.5, 0.6) is 5.75 Å². The molecule has 0 spiro atoms. The van der Waals surface area contributed by atoms with Crippen molar-refractivity contribution in [2.24, 2.45) is 0 Å². The zero-order valence-electron chi connectivity index (χ0n) is 19.8. The Hall–Kier alpha value is -3.08. The van der Waals surface area contributed by atoms with E-state index in [0.29, 0.717) is 31.8 Å². The summed E-state index contributed by atoms with van der Waals surface area (Å²) in [6.07, 6.45) is 7.23. The summed E-state index contributed by atoms with van der Waals surface area (Å²) in [5, 5.41) is 0. The summed E-state index contributed by atoms with van der Waals surface area (Å²) in [5.74, 6) is 0.575. The third-order valence-electron chi connectivity index (χ3n) is 5.71. The Balaban J connectivity index is 1.72. The molecular formula is C28H35FN2O2. The Morgan fingerprint density at radius 3 is 2.48 bits per heavy atom. The first-order valence-electron chi connectivity index (χ1n) is 12.0. The minimum absolute atomic E-state index is 0.0183. The number of rotatable bonds is 13. The van der Waals surface area contributed by atoms with Gasteiger partial charge in [0, 0.05) is 30.5 Å². The Morgan fingerprint density at radius 1 is 0.970 bits per heavy atom. The summed E-state index contributed by atoms with van der Waals surface area (Å²) in [7, 11) is 0. The van der Waals surface area contributed by atoms with Crippen LogP contribution in [0.15, 0.2) is 66.9 Å². The summed E-state index contributed by atoms with van der Waals surface area (Å²) in [6.45, 7) is 6.77. The lowest BCUT2D eigenvalue weighted by Gasteiger charge is -2.24. The van der Waals surface area contributed by atoms with Gasteiger partial charge >= 0.3 is 0 Å². The molecule has 2 aromatic carbocycles. The van der Waals surface area contributed by atoms with Crippen molar-refractivity contribution in [3.05, 3.63) is 89.5 Å².